The zero-order valence-electron chi connectivity index (χ0n) is 15.0. The maximum atomic E-state index is 11.1. The summed E-state index contributed by atoms with van der Waals surface area (Å²) in [5.41, 5.74) is 8.87. The lowest BCUT2D eigenvalue weighted by Crippen LogP contribution is -3.00. The summed E-state index contributed by atoms with van der Waals surface area (Å²) in [4.78, 5) is 11.1. The number of primary amides is 1. The van der Waals surface area contributed by atoms with Crippen LogP contribution in [0.5, 0.6) is 0 Å². The van der Waals surface area contributed by atoms with Crippen LogP contribution in [-0.2, 0) is 13.1 Å². The fraction of sp³-hybridized carbons (Fsp3) is 0.100. The lowest BCUT2D eigenvalue weighted by atomic mass is 10.1. The molecule has 0 radical (unpaired) electrons. The number of amides is 1. The van der Waals surface area contributed by atoms with Crippen molar-refractivity contribution >= 4 is 12.1 Å². The highest BCUT2D eigenvalue weighted by atomic mass is 79.9. The number of nitrogens with two attached hydrogens (primary N) is 1. The van der Waals surface area contributed by atoms with Crippen molar-refractivity contribution < 1.29 is 53.1 Å². The first-order valence-corrected chi connectivity index (χ1v) is 8.18. The highest BCUT2D eigenvalue weighted by molar-refractivity contribution is 5.92. The van der Waals surface area contributed by atoms with Crippen LogP contribution >= 0.6 is 0 Å². The summed E-state index contributed by atoms with van der Waals surface area (Å²) in [5.74, 6) is -0.425. The Hall–Kier alpha value is -2.58. The van der Waals surface area contributed by atoms with E-state index in [1.54, 1.807) is 12.1 Å². The molecule has 28 heavy (non-hydrogen) atoms. The van der Waals surface area contributed by atoms with Gasteiger partial charge >= 0.3 is 0 Å². The van der Waals surface area contributed by atoms with Crippen molar-refractivity contribution in [3.63, 3.8) is 0 Å². The van der Waals surface area contributed by atoms with E-state index >= 15 is 0 Å². The van der Waals surface area contributed by atoms with Crippen LogP contribution in [0, 0.1) is 0 Å². The molecule has 2 heterocycles. The molecule has 2 aromatic heterocycles. The van der Waals surface area contributed by atoms with Crippen molar-refractivity contribution in [2.75, 3.05) is 0 Å². The van der Waals surface area contributed by atoms with Gasteiger partial charge in [0.05, 0.1) is 5.56 Å². The number of carbonyl (C=O) groups excluding carboxylic acids is 1. The van der Waals surface area contributed by atoms with Gasteiger partial charge in [0.15, 0.2) is 31.7 Å². The molecule has 0 spiro atoms. The first kappa shape index (κ1) is 23.5. The number of benzene rings is 1. The fourth-order valence-corrected chi connectivity index (χ4v) is 2.69. The molecule has 0 fully saturated rings. The van der Waals surface area contributed by atoms with Crippen molar-refractivity contribution in [3.05, 3.63) is 95.6 Å². The molecule has 0 aliphatic heterocycles. The van der Waals surface area contributed by atoms with Gasteiger partial charge in [-0.15, -0.1) is 0 Å². The van der Waals surface area contributed by atoms with Crippen molar-refractivity contribution in [1.82, 2.24) is 0 Å². The Bertz CT molecular complexity index is 930. The normalized spacial score (nSPS) is 10.1. The second-order valence-corrected chi connectivity index (χ2v) is 5.94. The molecule has 0 aliphatic carbocycles. The number of pyridine rings is 2. The molecule has 3 rings (SSSR count). The molecule has 0 bridgehead atoms. The van der Waals surface area contributed by atoms with Crippen LogP contribution in [0.1, 0.15) is 27.2 Å². The Kier molecular flexibility index (Phi) is 9.47. The topological polar surface area (TPSA) is 83.4 Å². The van der Waals surface area contributed by atoms with Gasteiger partial charge in [0, 0.05) is 35.4 Å². The molecule has 0 atom stereocenters. The van der Waals surface area contributed by atoms with Crippen molar-refractivity contribution in [2.45, 2.75) is 13.1 Å². The van der Waals surface area contributed by atoms with Crippen LogP contribution in [0.3, 0.4) is 0 Å². The van der Waals surface area contributed by atoms with Gasteiger partial charge < -0.3 is 44.9 Å². The molecule has 0 saturated carbocycles. The van der Waals surface area contributed by atoms with E-state index in [0.29, 0.717) is 18.7 Å². The summed E-state index contributed by atoms with van der Waals surface area (Å²) < 4.78 is 4.00. The van der Waals surface area contributed by atoms with Crippen LogP contribution in [0.4, 0.5) is 0 Å². The van der Waals surface area contributed by atoms with E-state index < -0.39 is 5.91 Å². The number of carbonyl (C=O) groups is 1. The zero-order valence-corrected chi connectivity index (χ0v) is 18.1. The summed E-state index contributed by atoms with van der Waals surface area (Å²) in [5, 5.41) is 11.9. The summed E-state index contributed by atoms with van der Waals surface area (Å²) in [7, 11) is 0. The zero-order chi connectivity index (χ0) is 18.4. The molecule has 6 nitrogen and oxygen atoms in total. The van der Waals surface area contributed by atoms with Crippen LogP contribution in [0.15, 0.2) is 78.3 Å². The molecule has 1 amide bonds. The van der Waals surface area contributed by atoms with Gasteiger partial charge in [0.25, 0.3) is 0 Å². The predicted octanol–water partition coefficient (Wildman–Crippen LogP) is -4.73. The highest BCUT2D eigenvalue weighted by Crippen LogP contribution is 2.05. The Morgan fingerprint density at radius 2 is 1.54 bits per heavy atom. The van der Waals surface area contributed by atoms with E-state index in [-0.39, 0.29) is 34.0 Å². The minimum atomic E-state index is -0.425. The van der Waals surface area contributed by atoms with Gasteiger partial charge in [-0.25, -0.2) is 4.57 Å². The van der Waals surface area contributed by atoms with Crippen LogP contribution < -0.4 is 48.8 Å². The average Bonchev–Trinajstić information content (AvgIpc) is 2.65. The molecular formula is C20H20Br2N4O2. The molecule has 3 N–H and O–H groups in total. The van der Waals surface area contributed by atoms with Gasteiger partial charge in [-0.1, -0.05) is 29.4 Å². The van der Waals surface area contributed by atoms with Crippen LogP contribution in [0.25, 0.3) is 0 Å². The van der Waals surface area contributed by atoms with E-state index in [9.17, 15) is 4.79 Å². The molecule has 1 aromatic carbocycles. The number of oxime groups is 1. The molecular weight excluding hydrogens is 488 g/mol. The first-order valence-electron chi connectivity index (χ1n) is 8.18. The van der Waals surface area contributed by atoms with Crippen molar-refractivity contribution in [3.8, 4) is 0 Å². The maximum Gasteiger partial charge on any atom is 0.249 e. The minimum Gasteiger partial charge on any atom is -1.00 e. The maximum absolute atomic E-state index is 11.1. The van der Waals surface area contributed by atoms with E-state index in [1.807, 2.05) is 45.9 Å². The number of nitrogens with zero attached hydrogens (tertiary/aromatic N) is 3. The second-order valence-electron chi connectivity index (χ2n) is 5.94. The Labute approximate surface area is 184 Å². The molecule has 0 aliphatic rings. The molecule has 0 unspecified atom stereocenters. The predicted molar refractivity (Wildman–Crippen MR) is 95.8 cm³/mol. The first-order chi connectivity index (χ1) is 12.7. The second kappa shape index (κ2) is 11.3. The SMILES string of the molecule is NC(=O)c1cc[n+](Cc2ccc(C[n+]3ccccc3/C=N/O)cc2)cc1.[Br-].[Br-]. The number of halogens is 2. The third-order valence-electron chi connectivity index (χ3n) is 4.08. The van der Waals surface area contributed by atoms with E-state index in [0.717, 1.165) is 16.8 Å². The van der Waals surface area contributed by atoms with Crippen molar-refractivity contribution in [1.29, 1.82) is 0 Å². The Morgan fingerprint density at radius 3 is 2.11 bits per heavy atom. The smallest absolute Gasteiger partial charge is 0.249 e. The molecule has 8 heteroatoms. The third-order valence-corrected chi connectivity index (χ3v) is 4.08. The number of hydrogen-bond donors (Lipinski definition) is 2. The van der Waals surface area contributed by atoms with E-state index in [1.165, 1.54) is 6.21 Å². The Balaban J connectivity index is 0.00000196. The third kappa shape index (κ3) is 6.24. The average molecular weight is 508 g/mol. The van der Waals surface area contributed by atoms with E-state index in [4.69, 9.17) is 10.9 Å². The quantitative estimate of drug-likeness (QED) is 0.152. The summed E-state index contributed by atoms with van der Waals surface area (Å²) >= 11 is 0. The summed E-state index contributed by atoms with van der Waals surface area (Å²) in [6.07, 6.45) is 7.05. The molecule has 3 aromatic rings. The monoisotopic (exact) mass is 506 g/mol. The largest absolute Gasteiger partial charge is 1.00 e. The lowest BCUT2D eigenvalue weighted by molar-refractivity contribution is -0.689. The van der Waals surface area contributed by atoms with E-state index in [2.05, 4.69) is 29.4 Å². The lowest BCUT2D eigenvalue weighted by Gasteiger charge is -2.03. The minimum absolute atomic E-state index is 0. The van der Waals surface area contributed by atoms with Gasteiger partial charge in [-0.3, -0.25) is 4.79 Å². The summed E-state index contributed by atoms with van der Waals surface area (Å²) in [6, 6.07) is 17.5. The van der Waals surface area contributed by atoms with Gasteiger partial charge in [-0.2, -0.15) is 4.57 Å². The fourth-order valence-electron chi connectivity index (χ4n) is 2.69. The van der Waals surface area contributed by atoms with Crippen LogP contribution in [-0.4, -0.2) is 17.3 Å². The van der Waals surface area contributed by atoms with Crippen molar-refractivity contribution in [2.24, 2.45) is 10.9 Å². The number of aromatic nitrogens is 2. The summed E-state index contributed by atoms with van der Waals surface area (Å²) in [6.45, 7) is 1.39. The molecule has 0 saturated heterocycles. The number of hydrogen-bond acceptors (Lipinski definition) is 3. The van der Waals surface area contributed by atoms with Crippen LogP contribution in [0.2, 0.25) is 0 Å². The Morgan fingerprint density at radius 1 is 0.929 bits per heavy atom. The van der Waals surface area contributed by atoms with Gasteiger partial charge in [0.2, 0.25) is 11.6 Å². The van der Waals surface area contributed by atoms with Gasteiger partial charge in [0.1, 0.15) is 6.21 Å². The van der Waals surface area contributed by atoms with Gasteiger partial charge in [-0.05, 0) is 6.07 Å². The highest BCUT2D eigenvalue weighted by Gasteiger charge is 2.10. The molecule has 146 valence electrons. The standard InChI is InChI=1S/C20H18N4O2.2BrH/c21-20(25)18-8-11-23(12-9-18)14-16-4-6-17(7-5-16)15-24-10-2-1-3-19(24)13-22-26;;/h1-13H,14-15H2,(H-,21,25);2*1H. The number of rotatable bonds is 6.